The van der Waals surface area contributed by atoms with Gasteiger partial charge in [-0.2, -0.15) is 0 Å². The van der Waals surface area contributed by atoms with Gasteiger partial charge in [-0.1, -0.05) is 6.07 Å². The van der Waals surface area contributed by atoms with Crippen molar-refractivity contribution in [2.24, 2.45) is 5.73 Å². The molecule has 0 aliphatic heterocycles. The van der Waals surface area contributed by atoms with Crippen LogP contribution in [-0.4, -0.2) is 11.5 Å². The van der Waals surface area contributed by atoms with E-state index in [0.717, 1.165) is 25.1 Å². The fraction of sp³-hybridized carbons (Fsp3) is 0.300. The van der Waals surface area contributed by atoms with Gasteiger partial charge in [0, 0.05) is 11.8 Å². The molecule has 0 aromatic carbocycles. The molecular weight excluding hydrogens is 212 g/mol. The molecule has 0 aliphatic carbocycles. The molecule has 0 amide bonds. The molecule has 0 saturated heterocycles. The van der Waals surface area contributed by atoms with Crippen LogP contribution < -0.4 is 5.73 Å². The summed E-state index contributed by atoms with van der Waals surface area (Å²) in [5.74, 6) is 0. The van der Waals surface area contributed by atoms with Crippen LogP contribution in [0.25, 0.3) is 10.6 Å². The Labute approximate surface area is 91.4 Å². The molecule has 0 fully saturated rings. The van der Waals surface area contributed by atoms with Crippen LogP contribution in [0.1, 0.15) is 11.4 Å². The molecule has 0 atom stereocenters. The first-order chi connectivity index (χ1) is 6.90. The molecule has 0 aliphatic rings. The van der Waals surface area contributed by atoms with Gasteiger partial charge in [0.2, 0.25) is 0 Å². The zero-order valence-electron chi connectivity index (χ0n) is 7.77. The lowest BCUT2D eigenvalue weighted by molar-refractivity contribution is 0.827. The van der Waals surface area contributed by atoms with Crippen molar-refractivity contribution in [3.63, 3.8) is 0 Å². The lowest BCUT2D eigenvalue weighted by Crippen LogP contribution is -1.99. The molecule has 2 rings (SSSR count). The Morgan fingerprint density at radius 3 is 3.00 bits per heavy atom. The Hall–Kier alpha value is -0.710. The first-order valence-corrected chi connectivity index (χ1v) is 6.34. The largest absolute Gasteiger partial charge is 0.330 e. The summed E-state index contributed by atoms with van der Waals surface area (Å²) in [6.45, 7) is 0.744. The molecule has 2 aromatic heterocycles. The predicted octanol–water partition coefficient (Wildman–Crippen LogP) is 2.76. The Bertz CT molecular complexity index is 378. The molecule has 74 valence electrons. The van der Waals surface area contributed by atoms with Crippen LogP contribution in [0.3, 0.4) is 0 Å². The van der Waals surface area contributed by atoms with Gasteiger partial charge in [0.25, 0.3) is 0 Å². The number of nitrogens with two attached hydrogens (primary N) is 1. The van der Waals surface area contributed by atoms with Crippen molar-refractivity contribution in [1.29, 1.82) is 0 Å². The van der Waals surface area contributed by atoms with Crippen LogP contribution >= 0.6 is 22.7 Å². The molecule has 4 heteroatoms. The Kier molecular flexibility index (Phi) is 3.29. The maximum absolute atomic E-state index is 5.46. The second-order valence-electron chi connectivity index (χ2n) is 3.00. The van der Waals surface area contributed by atoms with Crippen molar-refractivity contribution in [1.82, 2.24) is 4.98 Å². The first-order valence-electron chi connectivity index (χ1n) is 4.58. The smallest absolute Gasteiger partial charge is 0.0933 e. The average Bonchev–Trinajstić information content (AvgIpc) is 2.85. The highest BCUT2D eigenvalue weighted by Crippen LogP contribution is 2.26. The zero-order chi connectivity index (χ0) is 9.80. The Morgan fingerprint density at radius 2 is 2.29 bits per heavy atom. The third-order valence-electron chi connectivity index (χ3n) is 1.92. The number of hydrogen-bond donors (Lipinski definition) is 1. The summed E-state index contributed by atoms with van der Waals surface area (Å²) in [4.78, 5) is 5.81. The van der Waals surface area contributed by atoms with Crippen LogP contribution in [0, 0.1) is 0 Å². The minimum absolute atomic E-state index is 0.744. The average molecular weight is 224 g/mol. The minimum atomic E-state index is 0.744. The minimum Gasteiger partial charge on any atom is -0.330 e. The number of thiazole rings is 1. The summed E-state index contributed by atoms with van der Waals surface area (Å²) in [5.41, 5.74) is 6.57. The van der Waals surface area contributed by atoms with Gasteiger partial charge in [-0.25, -0.2) is 4.98 Å². The van der Waals surface area contributed by atoms with Crippen LogP contribution in [0.4, 0.5) is 0 Å². The number of aromatic nitrogens is 1. The molecule has 0 saturated carbocycles. The van der Waals surface area contributed by atoms with E-state index >= 15 is 0 Å². The summed E-state index contributed by atoms with van der Waals surface area (Å²) < 4.78 is 0. The SMILES string of the molecule is NCCCc1nc(-c2cccs2)cs1. The van der Waals surface area contributed by atoms with Gasteiger partial charge in [-0.3, -0.25) is 0 Å². The van der Waals surface area contributed by atoms with Gasteiger partial charge >= 0.3 is 0 Å². The molecule has 2 N–H and O–H groups in total. The van der Waals surface area contributed by atoms with Crippen molar-refractivity contribution in [3.8, 4) is 10.6 Å². The van der Waals surface area contributed by atoms with Crippen LogP contribution in [0.5, 0.6) is 0 Å². The van der Waals surface area contributed by atoms with Crippen LogP contribution in [-0.2, 0) is 6.42 Å². The summed E-state index contributed by atoms with van der Waals surface area (Å²) in [7, 11) is 0. The van der Waals surface area contributed by atoms with E-state index in [-0.39, 0.29) is 0 Å². The molecule has 14 heavy (non-hydrogen) atoms. The van der Waals surface area contributed by atoms with E-state index in [1.807, 2.05) is 0 Å². The third kappa shape index (κ3) is 2.20. The van der Waals surface area contributed by atoms with E-state index in [0.29, 0.717) is 0 Å². The third-order valence-corrected chi connectivity index (χ3v) is 3.72. The normalized spacial score (nSPS) is 10.6. The molecule has 2 aromatic rings. The van der Waals surface area contributed by atoms with Gasteiger partial charge in [-0.05, 0) is 24.4 Å². The van der Waals surface area contributed by atoms with Gasteiger partial charge in [0.05, 0.1) is 15.6 Å². The van der Waals surface area contributed by atoms with Crippen molar-refractivity contribution >= 4 is 22.7 Å². The van der Waals surface area contributed by atoms with Gasteiger partial charge < -0.3 is 5.73 Å². The number of rotatable bonds is 4. The first kappa shape index (κ1) is 9.83. The van der Waals surface area contributed by atoms with E-state index in [1.54, 1.807) is 22.7 Å². The monoisotopic (exact) mass is 224 g/mol. The van der Waals surface area contributed by atoms with E-state index in [4.69, 9.17) is 5.73 Å². The molecule has 2 heterocycles. The van der Waals surface area contributed by atoms with Crippen LogP contribution in [0.15, 0.2) is 22.9 Å². The maximum atomic E-state index is 5.46. The molecular formula is C10H12N2S2. The highest BCUT2D eigenvalue weighted by Gasteiger charge is 2.04. The molecule has 0 unspecified atom stereocenters. The van der Waals surface area contributed by atoms with Gasteiger partial charge in [0.1, 0.15) is 0 Å². The van der Waals surface area contributed by atoms with Crippen molar-refractivity contribution < 1.29 is 0 Å². The molecule has 0 radical (unpaired) electrons. The Morgan fingerprint density at radius 1 is 1.36 bits per heavy atom. The van der Waals surface area contributed by atoms with Crippen molar-refractivity contribution in [3.05, 3.63) is 27.9 Å². The molecule has 2 nitrogen and oxygen atoms in total. The summed E-state index contributed by atoms with van der Waals surface area (Å²) in [6, 6.07) is 4.16. The van der Waals surface area contributed by atoms with E-state index < -0.39 is 0 Å². The molecule has 0 spiro atoms. The fourth-order valence-electron chi connectivity index (χ4n) is 1.22. The van der Waals surface area contributed by atoms with Crippen LogP contribution in [0.2, 0.25) is 0 Å². The topological polar surface area (TPSA) is 38.9 Å². The van der Waals surface area contributed by atoms with E-state index in [1.165, 1.54) is 9.88 Å². The number of aryl methyl sites for hydroxylation is 1. The maximum Gasteiger partial charge on any atom is 0.0933 e. The second kappa shape index (κ2) is 4.68. The van der Waals surface area contributed by atoms with Crippen molar-refractivity contribution in [2.45, 2.75) is 12.8 Å². The lowest BCUT2D eigenvalue weighted by atomic mass is 10.3. The fourth-order valence-corrected chi connectivity index (χ4v) is 2.82. The highest BCUT2D eigenvalue weighted by molar-refractivity contribution is 7.14. The standard InChI is InChI=1S/C10H12N2S2/c11-5-1-4-10-12-8(7-14-10)9-3-2-6-13-9/h2-3,6-7H,1,4-5,11H2. The summed E-state index contributed by atoms with van der Waals surface area (Å²) in [5, 5.41) is 5.39. The van der Waals surface area contributed by atoms with E-state index in [9.17, 15) is 0 Å². The zero-order valence-corrected chi connectivity index (χ0v) is 9.40. The van der Waals surface area contributed by atoms with E-state index in [2.05, 4.69) is 27.9 Å². The Balaban J connectivity index is 2.10. The van der Waals surface area contributed by atoms with Gasteiger partial charge in [-0.15, -0.1) is 22.7 Å². The lowest BCUT2D eigenvalue weighted by Gasteiger charge is -1.91. The number of nitrogens with zero attached hydrogens (tertiary/aromatic N) is 1. The number of thiophene rings is 1. The summed E-state index contributed by atoms with van der Waals surface area (Å²) >= 11 is 3.46. The molecule has 0 bridgehead atoms. The summed E-state index contributed by atoms with van der Waals surface area (Å²) in [6.07, 6.45) is 2.03. The predicted molar refractivity (Wildman–Crippen MR) is 62.8 cm³/mol. The quantitative estimate of drug-likeness (QED) is 0.867. The number of hydrogen-bond acceptors (Lipinski definition) is 4. The second-order valence-corrected chi connectivity index (χ2v) is 4.89. The van der Waals surface area contributed by atoms with Crippen molar-refractivity contribution in [2.75, 3.05) is 6.54 Å². The van der Waals surface area contributed by atoms with Gasteiger partial charge in [0.15, 0.2) is 0 Å². The highest BCUT2D eigenvalue weighted by atomic mass is 32.1.